The zero-order valence-corrected chi connectivity index (χ0v) is 14.5. The molecule has 0 saturated heterocycles. The molecule has 2 aromatic heterocycles. The third-order valence-electron chi connectivity index (χ3n) is 4.24. The van der Waals surface area contributed by atoms with Crippen molar-refractivity contribution in [3.05, 3.63) is 58.1 Å². The Morgan fingerprint density at radius 2 is 1.92 bits per heavy atom. The van der Waals surface area contributed by atoms with Crippen LogP contribution >= 0.6 is 15.9 Å². The number of anilines is 1. The van der Waals surface area contributed by atoms with E-state index in [4.69, 9.17) is 0 Å². The smallest absolute Gasteiger partial charge is 0.351 e. The van der Waals surface area contributed by atoms with Gasteiger partial charge in [0.1, 0.15) is 12.1 Å². The number of fused-ring (bicyclic) bond motifs is 2. The lowest BCUT2D eigenvalue weighted by Gasteiger charge is -2.30. The molecule has 3 heterocycles. The van der Waals surface area contributed by atoms with Crippen molar-refractivity contribution in [2.45, 2.75) is 19.1 Å². The van der Waals surface area contributed by atoms with Crippen molar-refractivity contribution in [1.82, 2.24) is 15.0 Å². The van der Waals surface area contributed by atoms with Gasteiger partial charge in [-0.3, -0.25) is 4.98 Å². The van der Waals surface area contributed by atoms with Crippen molar-refractivity contribution >= 4 is 32.7 Å². The molecule has 0 amide bonds. The van der Waals surface area contributed by atoms with E-state index < -0.39 is 11.7 Å². The monoisotopic (exact) mass is 408 g/mol. The summed E-state index contributed by atoms with van der Waals surface area (Å²) in [6.07, 6.45) is -1.43. The second-order valence-electron chi connectivity index (χ2n) is 5.86. The second-order valence-corrected chi connectivity index (χ2v) is 6.77. The molecule has 4 nitrogen and oxygen atoms in total. The van der Waals surface area contributed by atoms with Crippen molar-refractivity contribution in [2.75, 3.05) is 11.4 Å². The Morgan fingerprint density at radius 3 is 2.72 bits per heavy atom. The maximum absolute atomic E-state index is 13.0. The highest BCUT2D eigenvalue weighted by Gasteiger charge is 2.32. The summed E-state index contributed by atoms with van der Waals surface area (Å²) in [4.78, 5) is 14.6. The summed E-state index contributed by atoms with van der Waals surface area (Å²) in [7, 11) is 0. The molecule has 0 spiro atoms. The van der Waals surface area contributed by atoms with Crippen molar-refractivity contribution in [2.24, 2.45) is 0 Å². The van der Waals surface area contributed by atoms with Crippen LogP contribution in [-0.4, -0.2) is 21.5 Å². The summed E-state index contributed by atoms with van der Waals surface area (Å²) >= 11 is 3.44. The van der Waals surface area contributed by atoms with Gasteiger partial charge in [-0.25, -0.2) is 9.97 Å². The molecule has 0 radical (unpaired) electrons. The Labute approximate surface area is 149 Å². The Hall–Kier alpha value is -2.22. The van der Waals surface area contributed by atoms with Crippen LogP contribution < -0.4 is 4.90 Å². The number of hydrogen-bond donors (Lipinski definition) is 0. The van der Waals surface area contributed by atoms with Gasteiger partial charge < -0.3 is 4.90 Å². The quantitative estimate of drug-likeness (QED) is 0.599. The van der Waals surface area contributed by atoms with Crippen LogP contribution in [0.4, 0.5) is 19.0 Å². The molecule has 128 valence electrons. The fourth-order valence-electron chi connectivity index (χ4n) is 3.03. The van der Waals surface area contributed by atoms with E-state index in [1.807, 2.05) is 23.1 Å². The predicted molar refractivity (Wildman–Crippen MR) is 91.2 cm³/mol. The summed E-state index contributed by atoms with van der Waals surface area (Å²) in [6.45, 7) is 0.981. The highest BCUT2D eigenvalue weighted by atomic mass is 79.9. The third kappa shape index (κ3) is 3.06. The minimum atomic E-state index is -4.39. The Bertz CT molecular complexity index is 958. The van der Waals surface area contributed by atoms with Crippen LogP contribution in [-0.2, 0) is 19.1 Å². The van der Waals surface area contributed by atoms with E-state index in [1.54, 1.807) is 0 Å². The molecule has 0 atom stereocenters. The average Bonchev–Trinajstić information content (AvgIpc) is 2.59. The van der Waals surface area contributed by atoms with Crippen molar-refractivity contribution in [1.29, 1.82) is 0 Å². The minimum absolute atomic E-state index is 0.338. The van der Waals surface area contributed by atoms with Gasteiger partial charge in [0.15, 0.2) is 0 Å². The highest BCUT2D eigenvalue weighted by molar-refractivity contribution is 9.10. The van der Waals surface area contributed by atoms with E-state index in [0.29, 0.717) is 30.8 Å². The van der Waals surface area contributed by atoms with Gasteiger partial charge in [-0.15, -0.1) is 0 Å². The first-order valence-corrected chi connectivity index (χ1v) is 8.41. The van der Waals surface area contributed by atoms with E-state index in [9.17, 15) is 13.2 Å². The van der Waals surface area contributed by atoms with Crippen LogP contribution in [0.5, 0.6) is 0 Å². The topological polar surface area (TPSA) is 41.9 Å². The first-order chi connectivity index (χ1) is 11.9. The molecule has 4 rings (SSSR count). The lowest BCUT2D eigenvalue weighted by atomic mass is 10.0. The van der Waals surface area contributed by atoms with Crippen molar-refractivity contribution in [3.63, 3.8) is 0 Å². The second kappa shape index (κ2) is 5.94. The van der Waals surface area contributed by atoms with Gasteiger partial charge in [-0.2, -0.15) is 13.2 Å². The number of pyridine rings is 1. The number of nitrogens with zero attached hydrogens (tertiary/aromatic N) is 4. The van der Waals surface area contributed by atoms with Crippen LogP contribution in [0.25, 0.3) is 10.9 Å². The summed E-state index contributed by atoms with van der Waals surface area (Å²) in [6, 6.07) is 6.88. The lowest BCUT2D eigenvalue weighted by molar-refractivity contribution is -0.137. The largest absolute Gasteiger partial charge is 0.417 e. The first-order valence-electron chi connectivity index (χ1n) is 7.62. The molecule has 0 aliphatic carbocycles. The molecule has 8 heteroatoms. The number of alkyl halides is 3. The molecule has 0 fully saturated rings. The van der Waals surface area contributed by atoms with E-state index in [2.05, 4.69) is 30.9 Å². The highest BCUT2D eigenvalue weighted by Crippen LogP contribution is 2.33. The normalized spacial score (nSPS) is 14.6. The van der Waals surface area contributed by atoms with Gasteiger partial charge >= 0.3 is 6.18 Å². The zero-order chi connectivity index (χ0) is 17.6. The molecule has 0 N–H and O–H groups in total. The molecule has 0 bridgehead atoms. The molecule has 3 aromatic rings. The van der Waals surface area contributed by atoms with Gasteiger partial charge in [0.25, 0.3) is 0 Å². The molecular weight excluding hydrogens is 397 g/mol. The van der Waals surface area contributed by atoms with Gasteiger partial charge in [-0.05, 0) is 29.8 Å². The molecule has 1 aromatic carbocycles. The Morgan fingerprint density at radius 1 is 1.08 bits per heavy atom. The van der Waals surface area contributed by atoms with Crippen LogP contribution in [0.2, 0.25) is 0 Å². The third-order valence-corrected chi connectivity index (χ3v) is 4.74. The fourth-order valence-corrected chi connectivity index (χ4v) is 3.39. The number of hydrogen-bond acceptors (Lipinski definition) is 4. The number of aromatic nitrogens is 3. The van der Waals surface area contributed by atoms with Crippen LogP contribution in [0, 0.1) is 0 Å². The average molecular weight is 409 g/mol. The molecule has 0 unspecified atom stereocenters. The summed E-state index contributed by atoms with van der Waals surface area (Å²) in [5.41, 5.74) is 1.37. The number of halogens is 4. The minimum Gasteiger partial charge on any atom is -0.351 e. The molecule has 1 aliphatic heterocycles. The van der Waals surface area contributed by atoms with Crippen molar-refractivity contribution in [3.8, 4) is 0 Å². The maximum Gasteiger partial charge on any atom is 0.417 e. The van der Waals surface area contributed by atoms with Crippen LogP contribution in [0.15, 0.2) is 41.3 Å². The van der Waals surface area contributed by atoms with E-state index in [1.165, 1.54) is 12.4 Å². The Balaban J connectivity index is 1.74. The Kier molecular flexibility index (Phi) is 3.87. The van der Waals surface area contributed by atoms with Gasteiger partial charge in [0.05, 0.1) is 11.1 Å². The van der Waals surface area contributed by atoms with E-state index in [0.717, 1.165) is 27.4 Å². The summed E-state index contributed by atoms with van der Waals surface area (Å²) in [5, 5.41) is 0.861. The standard InChI is InChI=1S/C17H12BrF3N4/c18-12-1-2-15-13(6-12)16(24-9-23-15)25-4-3-14-10(8-25)5-11(7-22-14)17(19,20)21/h1-2,5-7,9H,3-4,8H2. The van der Waals surface area contributed by atoms with Crippen LogP contribution in [0.3, 0.4) is 0 Å². The van der Waals surface area contributed by atoms with E-state index in [-0.39, 0.29) is 0 Å². The lowest BCUT2D eigenvalue weighted by Crippen LogP contribution is -2.32. The molecular formula is C17H12BrF3N4. The molecule has 0 saturated carbocycles. The van der Waals surface area contributed by atoms with Gasteiger partial charge in [0.2, 0.25) is 0 Å². The van der Waals surface area contributed by atoms with Gasteiger partial charge in [-0.1, -0.05) is 15.9 Å². The van der Waals surface area contributed by atoms with Gasteiger partial charge in [0, 0.05) is 41.3 Å². The SMILES string of the molecule is FC(F)(F)c1cnc2c(c1)CN(c1ncnc3ccc(Br)cc13)CC2. The maximum atomic E-state index is 13.0. The first kappa shape index (κ1) is 16.3. The molecule has 1 aliphatic rings. The fraction of sp³-hybridized carbons (Fsp3) is 0.235. The summed E-state index contributed by atoms with van der Waals surface area (Å²) < 4.78 is 39.8. The number of rotatable bonds is 1. The molecule has 25 heavy (non-hydrogen) atoms. The predicted octanol–water partition coefficient (Wildman–Crippen LogP) is 4.37. The van der Waals surface area contributed by atoms with Crippen molar-refractivity contribution < 1.29 is 13.2 Å². The van der Waals surface area contributed by atoms with Crippen LogP contribution in [0.1, 0.15) is 16.8 Å². The summed E-state index contributed by atoms with van der Waals surface area (Å²) in [5.74, 6) is 0.717. The number of benzene rings is 1. The zero-order valence-electron chi connectivity index (χ0n) is 12.9. The van der Waals surface area contributed by atoms with E-state index >= 15 is 0 Å².